The maximum Gasteiger partial charge on any atom is 0.254 e. The lowest BCUT2D eigenvalue weighted by molar-refractivity contribution is 0.0614. The van der Waals surface area contributed by atoms with Gasteiger partial charge in [0.25, 0.3) is 5.91 Å². The first-order chi connectivity index (χ1) is 15.1. The number of carbonyl (C=O) groups excluding carboxylic acids is 1. The van der Waals surface area contributed by atoms with Gasteiger partial charge in [0.2, 0.25) is 0 Å². The summed E-state index contributed by atoms with van der Waals surface area (Å²) in [5.74, 6) is 0.0661. The van der Waals surface area contributed by atoms with Crippen molar-refractivity contribution in [1.29, 1.82) is 0 Å². The van der Waals surface area contributed by atoms with E-state index in [4.69, 9.17) is 0 Å². The second-order valence-corrected chi connectivity index (χ2v) is 9.29. The van der Waals surface area contributed by atoms with Gasteiger partial charge in [0, 0.05) is 49.6 Å². The Morgan fingerprint density at radius 2 is 1.68 bits per heavy atom. The Morgan fingerprint density at radius 1 is 0.968 bits per heavy atom. The van der Waals surface area contributed by atoms with Crippen LogP contribution in [-0.2, 0) is 6.54 Å². The van der Waals surface area contributed by atoms with E-state index in [2.05, 4.69) is 21.7 Å². The fraction of sp³-hybridized carbons (Fsp3) is 0.320. The Bertz CT molecular complexity index is 1040. The van der Waals surface area contributed by atoms with Gasteiger partial charge in [0.05, 0.1) is 0 Å². The van der Waals surface area contributed by atoms with Gasteiger partial charge in [-0.05, 0) is 70.8 Å². The van der Waals surface area contributed by atoms with Crippen LogP contribution in [0.3, 0.4) is 0 Å². The van der Waals surface area contributed by atoms with E-state index in [1.54, 1.807) is 23.5 Å². The lowest BCUT2D eigenvalue weighted by atomic mass is 9.82. The van der Waals surface area contributed by atoms with E-state index in [0.29, 0.717) is 18.0 Å². The highest BCUT2D eigenvalue weighted by atomic mass is 32.1. The summed E-state index contributed by atoms with van der Waals surface area (Å²) in [5.41, 5.74) is 2.93. The standard InChI is InChI=1S/C25H24F2N2OS/c26-20-5-1-17(2-6-20)13-28-11-9-24-23(14-28)22(19-10-12-31-16-19)15-29(24)25(30)18-3-7-21(27)8-4-18/h1-8,10,12,16,22-24H,9,11,13-15H2/t22-,23-,24-/m0/s1. The molecule has 2 aliphatic heterocycles. The molecule has 1 aromatic heterocycles. The molecule has 0 aliphatic carbocycles. The zero-order valence-corrected chi connectivity index (χ0v) is 17.9. The number of amides is 1. The van der Waals surface area contributed by atoms with Crippen molar-refractivity contribution in [1.82, 2.24) is 9.80 Å². The largest absolute Gasteiger partial charge is 0.335 e. The molecule has 2 aliphatic rings. The second-order valence-electron chi connectivity index (χ2n) is 8.51. The molecule has 2 fully saturated rings. The van der Waals surface area contributed by atoms with Crippen LogP contribution >= 0.6 is 11.3 Å². The Hall–Kier alpha value is -2.57. The molecule has 3 aromatic rings. The Labute approximate surface area is 184 Å². The molecule has 2 saturated heterocycles. The zero-order valence-electron chi connectivity index (χ0n) is 17.1. The van der Waals surface area contributed by atoms with Crippen LogP contribution in [0.2, 0.25) is 0 Å². The number of benzene rings is 2. The van der Waals surface area contributed by atoms with E-state index in [1.807, 2.05) is 17.0 Å². The number of likely N-dealkylation sites (tertiary alicyclic amines) is 2. The highest BCUT2D eigenvalue weighted by Crippen LogP contribution is 2.43. The molecule has 0 saturated carbocycles. The molecule has 5 rings (SSSR count). The quantitative estimate of drug-likeness (QED) is 0.562. The molecule has 0 bridgehead atoms. The van der Waals surface area contributed by atoms with Crippen molar-refractivity contribution in [3.05, 3.63) is 93.7 Å². The molecule has 3 nitrogen and oxygen atoms in total. The molecule has 0 radical (unpaired) electrons. The predicted molar refractivity (Wildman–Crippen MR) is 118 cm³/mol. The summed E-state index contributed by atoms with van der Waals surface area (Å²) in [6, 6.07) is 14.9. The van der Waals surface area contributed by atoms with Crippen molar-refractivity contribution in [2.24, 2.45) is 5.92 Å². The fourth-order valence-electron chi connectivity index (χ4n) is 5.13. The second kappa shape index (κ2) is 8.52. The normalized spacial score (nSPS) is 23.7. The van der Waals surface area contributed by atoms with Crippen molar-refractivity contribution < 1.29 is 13.6 Å². The molecular weight excluding hydrogens is 414 g/mol. The Morgan fingerprint density at radius 3 is 2.35 bits per heavy atom. The van der Waals surface area contributed by atoms with Gasteiger partial charge in [-0.25, -0.2) is 8.78 Å². The summed E-state index contributed by atoms with van der Waals surface area (Å²) in [6.07, 6.45) is 0.902. The summed E-state index contributed by atoms with van der Waals surface area (Å²) in [7, 11) is 0. The average molecular weight is 439 g/mol. The van der Waals surface area contributed by atoms with Crippen LogP contribution in [0.5, 0.6) is 0 Å². The summed E-state index contributed by atoms with van der Waals surface area (Å²) in [5, 5.41) is 4.28. The summed E-state index contributed by atoms with van der Waals surface area (Å²) in [4.78, 5) is 17.7. The van der Waals surface area contributed by atoms with Crippen molar-refractivity contribution in [3.63, 3.8) is 0 Å². The minimum Gasteiger partial charge on any atom is -0.335 e. The van der Waals surface area contributed by atoms with Crippen molar-refractivity contribution in [3.8, 4) is 0 Å². The minimum atomic E-state index is -0.332. The smallest absolute Gasteiger partial charge is 0.254 e. The molecule has 31 heavy (non-hydrogen) atoms. The van der Waals surface area contributed by atoms with Gasteiger partial charge in [-0.2, -0.15) is 11.3 Å². The van der Waals surface area contributed by atoms with Crippen LogP contribution in [0.15, 0.2) is 65.4 Å². The van der Waals surface area contributed by atoms with Crippen LogP contribution in [0.25, 0.3) is 0 Å². The summed E-state index contributed by atoms with van der Waals surface area (Å²) in [6.45, 7) is 3.26. The molecule has 3 heterocycles. The first kappa shape index (κ1) is 20.3. The average Bonchev–Trinajstić information content (AvgIpc) is 3.43. The number of piperidine rings is 1. The molecule has 2 aromatic carbocycles. The van der Waals surface area contributed by atoms with Crippen LogP contribution in [0, 0.1) is 17.6 Å². The highest BCUT2D eigenvalue weighted by Gasteiger charge is 2.47. The molecular formula is C25H24F2N2OS. The van der Waals surface area contributed by atoms with Gasteiger partial charge in [-0.1, -0.05) is 12.1 Å². The Kier molecular flexibility index (Phi) is 5.59. The maximum atomic E-state index is 13.3. The van der Waals surface area contributed by atoms with Gasteiger partial charge in [0.15, 0.2) is 0 Å². The maximum absolute atomic E-state index is 13.3. The van der Waals surface area contributed by atoms with E-state index in [0.717, 1.165) is 31.6 Å². The number of hydrogen-bond donors (Lipinski definition) is 0. The third kappa shape index (κ3) is 4.14. The van der Waals surface area contributed by atoms with E-state index >= 15 is 0 Å². The van der Waals surface area contributed by atoms with Crippen molar-refractivity contribution in [2.75, 3.05) is 19.6 Å². The molecule has 0 unspecified atom stereocenters. The number of carbonyl (C=O) groups is 1. The molecule has 0 N–H and O–H groups in total. The van der Waals surface area contributed by atoms with Crippen LogP contribution in [0.1, 0.15) is 33.8 Å². The molecule has 1 amide bonds. The lowest BCUT2D eigenvalue weighted by Crippen LogP contribution is -2.47. The molecule has 160 valence electrons. The van der Waals surface area contributed by atoms with Gasteiger partial charge in [0.1, 0.15) is 11.6 Å². The summed E-state index contributed by atoms with van der Waals surface area (Å²) >= 11 is 1.68. The topological polar surface area (TPSA) is 23.6 Å². The molecule has 0 spiro atoms. The van der Waals surface area contributed by atoms with Gasteiger partial charge >= 0.3 is 0 Å². The Balaban J connectivity index is 1.37. The van der Waals surface area contributed by atoms with Crippen molar-refractivity contribution in [2.45, 2.75) is 24.9 Å². The fourth-order valence-corrected chi connectivity index (χ4v) is 5.85. The minimum absolute atomic E-state index is 0.0142. The first-order valence-corrected chi connectivity index (χ1v) is 11.6. The third-order valence-electron chi connectivity index (χ3n) is 6.66. The first-order valence-electron chi connectivity index (χ1n) is 10.6. The number of hydrogen-bond acceptors (Lipinski definition) is 3. The van der Waals surface area contributed by atoms with E-state index < -0.39 is 0 Å². The highest BCUT2D eigenvalue weighted by molar-refractivity contribution is 7.08. The van der Waals surface area contributed by atoms with Crippen molar-refractivity contribution >= 4 is 17.2 Å². The molecule has 6 heteroatoms. The van der Waals surface area contributed by atoms with E-state index in [9.17, 15) is 13.6 Å². The molecule has 3 atom stereocenters. The van der Waals surface area contributed by atoms with Crippen LogP contribution < -0.4 is 0 Å². The monoisotopic (exact) mass is 438 g/mol. The number of nitrogens with zero attached hydrogens (tertiary/aromatic N) is 2. The number of rotatable bonds is 4. The number of thiophene rings is 1. The predicted octanol–water partition coefficient (Wildman–Crippen LogP) is 5.16. The van der Waals surface area contributed by atoms with Crippen LogP contribution in [-0.4, -0.2) is 41.4 Å². The van der Waals surface area contributed by atoms with Crippen LogP contribution in [0.4, 0.5) is 8.78 Å². The van der Waals surface area contributed by atoms with Gasteiger partial charge in [-0.15, -0.1) is 0 Å². The lowest BCUT2D eigenvalue weighted by Gasteiger charge is -2.39. The van der Waals surface area contributed by atoms with E-state index in [-0.39, 0.29) is 29.5 Å². The zero-order chi connectivity index (χ0) is 21.4. The number of halogens is 2. The number of fused-ring (bicyclic) bond motifs is 1. The van der Waals surface area contributed by atoms with E-state index in [1.165, 1.54) is 29.8 Å². The third-order valence-corrected chi connectivity index (χ3v) is 7.36. The SMILES string of the molecule is O=C(c1ccc(F)cc1)N1C[C@@H](c2ccsc2)[C@@H]2CN(Cc3ccc(F)cc3)CC[C@@H]21. The van der Waals surface area contributed by atoms with Gasteiger partial charge < -0.3 is 4.90 Å². The van der Waals surface area contributed by atoms with Gasteiger partial charge in [-0.3, -0.25) is 9.69 Å². The summed E-state index contributed by atoms with van der Waals surface area (Å²) < 4.78 is 26.6.